The van der Waals surface area contributed by atoms with Crippen LogP contribution in [0, 0.1) is 11.3 Å². The molecule has 0 atom stereocenters. The Morgan fingerprint density at radius 3 is 2.00 bits per heavy atom. The van der Waals surface area contributed by atoms with Crippen molar-refractivity contribution in [1.82, 2.24) is 0 Å². The van der Waals surface area contributed by atoms with Crippen molar-refractivity contribution in [3.63, 3.8) is 0 Å². The van der Waals surface area contributed by atoms with Crippen LogP contribution in [0.2, 0.25) is 0 Å². The van der Waals surface area contributed by atoms with Gasteiger partial charge in [-0.05, 0) is 6.92 Å². The zero-order chi connectivity index (χ0) is 5.86. The fourth-order valence-corrected chi connectivity index (χ4v) is 0.119. The maximum atomic E-state index is 7.98. The van der Waals surface area contributed by atoms with Crippen LogP contribution in [0.5, 0.6) is 0 Å². The first-order chi connectivity index (χ1) is 3.18. The molecule has 0 N–H and O–H groups in total. The van der Waals surface area contributed by atoms with Crippen LogP contribution in [0.1, 0.15) is 6.92 Å². The van der Waals surface area contributed by atoms with E-state index in [9.17, 15) is 0 Å². The first-order valence-electron chi connectivity index (χ1n) is 1.60. The summed E-state index contributed by atoms with van der Waals surface area (Å²) < 4.78 is 0. The van der Waals surface area contributed by atoms with Gasteiger partial charge in [-0.15, -0.1) is 0 Å². The van der Waals surface area contributed by atoms with Gasteiger partial charge in [-0.2, -0.15) is 5.26 Å². The molecule has 0 aromatic rings. The minimum atomic E-state index is 0.0571. The van der Waals surface area contributed by atoms with E-state index in [1.165, 1.54) is 0 Å². The molecule has 0 aliphatic rings. The molecule has 0 aromatic carbocycles. The van der Waals surface area contributed by atoms with Gasteiger partial charge >= 0.3 is 0 Å². The third kappa shape index (κ3) is 2.50. The smallest absolute Gasteiger partial charge is 0.132 e. The molecule has 0 aliphatic carbocycles. The average molecular weight is 136 g/mol. The van der Waals surface area contributed by atoms with Crippen molar-refractivity contribution in [2.75, 3.05) is 0 Å². The monoisotopic (exact) mass is 135 g/mol. The van der Waals surface area contributed by atoms with E-state index in [1.807, 2.05) is 0 Å². The number of allylic oxidation sites excluding steroid dienone is 2. The zero-order valence-electron chi connectivity index (χ0n) is 3.70. The van der Waals surface area contributed by atoms with Crippen LogP contribution in [0.25, 0.3) is 0 Å². The Morgan fingerprint density at radius 1 is 1.57 bits per heavy atom. The quantitative estimate of drug-likeness (QED) is 0.468. The van der Waals surface area contributed by atoms with E-state index in [2.05, 4.69) is 0 Å². The third-order valence-electron chi connectivity index (χ3n) is 0.401. The number of nitriles is 1. The summed E-state index contributed by atoms with van der Waals surface area (Å²) in [5.74, 6) is 0. The van der Waals surface area contributed by atoms with E-state index < -0.39 is 0 Å². The Bertz CT molecular complexity index is 127. The molecule has 1 nitrogen and oxygen atoms in total. The minimum absolute atomic E-state index is 0.0571. The highest BCUT2D eigenvalue weighted by Crippen LogP contribution is 2.09. The molecule has 0 saturated heterocycles. The maximum absolute atomic E-state index is 7.98. The van der Waals surface area contributed by atoms with Gasteiger partial charge in [-0.3, -0.25) is 0 Å². The molecule has 0 radical (unpaired) electrons. The first-order valence-corrected chi connectivity index (χ1v) is 2.36. The Labute approximate surface area is 52.1 Å². The molecule has 0 aromatic heterocycles. The Hall–Kier alpha value is -0.190. The van der Waals surface area contributed by atoms with Crippen molar-refractivity contribution in [3.8, 4) is 6.07 Å². The van der Waals surface area contributed by atoms with Gasteiger partial charge in [0, 0.05) is 5.03 Å². The third-order valence-corrected chi connectivity index (χ3v) is 1.05. The maximum Gasteiger partial charge on any atom is 0.132 e. The number of halogens is 2. The SMILES string of the molecule is C/C(Cl)=C(\Cl)C#N. The van der Waals surface area contributed by atoms with Gasteiger partial charge in [0.15, 0.2) is 0 Å². The zero-order valence-corrected chi connectivity index (χ0v) is 5.22. The summed E-state index contributed by atoms with van der Waals surface area (Å²) in [6, 6.07) is 1.68. The van der Waals surface area contributed by atoms with Gasteiger partial charge in [0.2, 0.25) is 0 Å². The summed E-state index contributed by atoms with van der Waals surface area (Å²) in [5.41, 5.74) is 0. The van der Waals surface area contributed by atoms with Crippen LogP contribution in [0.15, 0.2) is 10.1 Å². The van der Waals surface area contributed by atoms with E-state index >= 15 is 0 Å². The van der Waals surface area contributed by atoms with Crippen LogP contribution >= 0.6 is 23.2 Å². The van der Waals surface area contributed by atoms with Crippen molar-refractivity contribution in [3.05, 3.63) is 10.1 Å². The molecule has 0 saturated carbocycles. The normalized spacial score (nSPS) is 12.3. The Kier molecular flexibility index (Phi) is 2.82. The molecule has 0 rings (SSSR count). The van der Waals surface area contributed by atoms with Crippen molar-refractivity contribution >= 4 is 23.2 Å². The van der Waals surface area contributed by atoms with Gasteiger partial charge in [0.1, 0.15) is 11.1 Å². The number of hydrogen-bond donors (Lipinski definition) is 0. The second-order valence-corrected chi connectivity index (χ2v) is 1.90. The lowest BCUT2D eigenvalue weighted by atomic mass is 10.6. The predicted octanol–water partition coefficient (Wildman–Crippen LogP) is 2.22. The lowest BCUT2D eigenvalue weighted by molar-refractivity contribution is 1.50. The minimum Gasteiger partial charge on any atom is -0.191 e. The molecular formula is C4H3Cl2N. The number of hydrogen-bond acceptors (Lipinski definition) is 1. The van der Waals surface area contributed by atoms with Crippen LogP contribution in [-0.4, -0.2) is 0 Å². The Morgan fingerprint density at radius 2 is 2.00 bits per heavy atom. The number of nitrogens with zero attached hydrogens (tertiary/aromatic N) is 1. The second-order valence-electron chi connectivity index (χ2n) is 0.959. The molecule has 0 amide bonds. The van der Waals surface area contributed by atoms with E-state index in [-0.39, 0.29) is 5.03 Å². The van der Waals surface area contributed by atoms with E-state index in [0.717, 1.165) is 0 Å². The van der Waals surface area contributed by atoms with Crippen molar-refractivity contribution < 1.29 is 0 Å². The lowest BCUT2D eigenvalue weighted by Gasteiger charge is -1.78. The van der Waals surface area contributed by atoms with Gasteiger partial charge in [0.25, 0.3) is 0 Å². The topological polar surface area (TPSA) is 23.8 Å². The average Bonchev–Trinajstić information content (AvgIpc) is 1.65. The van der Waals surface area contributed by atoms with E-state index in [0.29, 0.717) is 5.03 Å². The molecule has 0 spiro atoms. The second kappa shape index (κ2) is 2.90. The summed E-state index contributed by atoms with van der Waals surface area (Å²) in [5, 5.41) is 8.38. The van der Waals surface area contributed by atoms with Gasteiger partial charge < -0.3 is 0 Å². The van der Waals surface area contributed by atoms with Crippen LogP contribution in [0.3, 0.4) is 0 Å². The molecular weight excluding hydrogens is 133 g/mol. The van der Waals surface area contributed by atoms with Gasteiger partial charge in [-0.25, -0.2) is 0 Å². The lowest BCUT2D eigenvalue weighted by Crippen LogP contribution is -1.62. The standard InChI is InChI=1S/C4H3Cl2N/c1-3(5)4(6)2-7/h1H3/b4-3+. The number of rotatable bonds is 0. The van der Waals surface area contributed by atoms with Gasteiger partial charge in [-0.1, -0.05) is 23.2 Å². The molecule has 3 heteroatoms. The highest BCUT2D eigenvalue weighted by Gasteiger charge is 1.89. The first kappa shape index (κ1) is 6.81. The van der Waals surface area contributed by atoms with Gasteiger partial charge in [0.05, 0.1) is 0 Å². The molecule has 0 fully saturated rings. The van der Waals surface area contributed by atoms with E-state index in [4.69, 9.17) is 28.5 Å². The highest BCUT2D eigenvalue weighted by molar-refractivity contribution is 6.40. The summed E-state index contributed by atoms with van der Waals surface area (Å²) in [7, 11) is 0. The van der Waals surface area contributed by atoms with Crippen molar-refractivity contribution in [2.24, 2.45) is 0 Å². The predicted molar refractivity (Wildman–Crippen MR) is 30.0 cm³/mol. The summed E-state index contributed by atoms with van der Waals surface area (Å²) in [4.78, 5) is 0. The van der Waals surface area contributed by atoms with Crippen LogP contribution in [0.4, 0.5) is 0 Å². The fraction of sp³-hybridized carbons (Fsp3) is 0.250. The molecule has 0 unspecified atom stereocenters. The molecule has 38 valence electrons. The summed E-state index contributed by atoms with van der Waals surface area (Å²) in [6.07, 6.45) is 0. The largest absolute Gasteiger partial charge is 0.191 e. The Balaban J connectivity index is 4.07. The highest BCUT2D eigenvalue weighted by atomic mass is 35.5. The summed E-state index contributed by atoms with van der Waals surface area (Å²) >= 11 is 10.4. The molecule has 7 heavy (non-hydrogen) atoms. The van der Waals surface area contributed by atoms with Crippen LogP contribution < -0.4 is 0 Å². The molecule has 0 heterocycles. The fourth-order valence-electron chi connectivity index (χ4n) is 0.0770. The molecule has 0 aliphatic heterocycles. The van der Waals surface area contributed by atoms with Crippen molar-refractivity contribution in [1.29, 1.82) is 5.26 Å². The molecule has 0 bridgehead atoms. The van der Waals surface area contributed by atoms with Crippen molar-refractivity contribution in [2.45, 2.75) is 6.92 Å². The van der Waals surface area contributed by atoms with Crippen LogP contribution in [-0.2, 0) is 0 Å². The van der Waals surface area contributed by atoms with E-state index in [1.54, 1.807) is 13.0 Å². The summed E-state index contributed by atoms with van der Waals surface area (Å²) in [6.45, 7) is 1.56.